The summed E-state index contributed by atoms with van der Waals surface area (Å²) in [7, 11) is 0. The van der Waals surface area contributed by atoms with Crippen LogP contribution in [0, 0.1) is 29.1 Å². The van der Waals surface area contributed by atoms with Crippen LogP contribution in [-0.4, -0.2) is 22.1 Å². The Balaban J connectivity index is 1.69. The van der Waals surface area contributed by atoms with Crippen LogP contribution in [0.4, 0.5) is 22.0 Å². The zero-order valence-corrected chi connectivity index (χ0v) is 15.1. The highest BCUT2D eigenvalue weighted by Crippen LogP contribution is 2.47. The molecule has 0 aliphatic carbocycles. The lowest BCUT2D eigenvalue weighted by Crippen LogP contribution is -2.56. The molecular weight excluding hydrogens is 377 g/mol. The van der Waals surface area contributed by atoms with Gasteiger partial charge >= 0.3 is 0 Å². The van der Waals surface area contributed by atoms with Crippen molar-refractivity contribution in [3.8, 4) is 0 Å². The van der Waals surface area contributed by atoms with Crippen molar-refractivity contribution >= 4 is 0 Å². The van der Waals surface area contributed by atoms with Gasteiger partial charge in [-0.2, -0.15) is 0 Å². The third kappa shape index (κ3) is 3.10. The summed E-state index contributed by atoms with van der Waals surface area (Å²) in [5.41, 5.74) is -2.12. The Hall–Kier alpha value is -1.99. The number of fused-ring (bicyclic) bond motifs is 2. The van der Waals surface area contributed by atoms with Crippen LogP contribution in [0.15, 0.2) is 30.3 Å². The molecule has 2 atom stereocenters. The molecule has 2 aliphatic heterocycles. The van der Waals surface area contributed by atoms with Crippen LogP contribution in [0.1, 0.15) is 43.2 Å². The molecule has 2 aromatic rings. The minimum atomic E-state index is -2.20. The lowest BCUT2D eigenvalue weighted by molar-refractivity contribution is -0.104. The maximum atomic E-state index is 14.4. The fraction of sp³-hybridized carbons (Fsp3) is 0.429. The predicted molar refractivity (Wildman–Crippen MR) is 92.8 cm³/mol. The Labute approximate surface area is 159 Å². The standard InChI is InChI=1S/C21H20F5NO/c22-16-15(17(23)19(25)20(26)18(16)24)21(28)9-13-7-4-8-14(10-21)27(13)11-12-5-2-1-3-6-12/h1-3,5-6,13-14,28H,4,7-11H2. The fourth-order valence-electron chi connectivity index (χ4n) is 4.79. The highest BCUT2D eigenvalue weighted by atomic mass is 19.2. The molecule has 0 amide bonds. The van der Waals surface area contributed by atoms with Crippen molar-refractivity contribution in [3.05, 3.63) is 70.5 Å². The molecule has 2 saturated heterocycles. The van der Waals surface area contributed by atoms with Crippen molar-refractivity contribution in [2.45, 2.75) is 56.3 Å². The number of nitrogens with zero attached hydrogens (tertiary/aromatic N) is 1. The number of aliphatic hydroxyl groups is 1. The predicted octanol–water partition coefficient (Wildman–Crippen LogP) is 4.79. The van der Waals surface area contributed by atoms with E-state index in [9.17, 15) is 27.1 Å². The number of rotatable bonds is 3. The Morgan fingerprint density at radius 3 is 1.86 bits per heavy atom. The summed E-state index contributed by atoms with van der Waals surface area (Å²) in [5, 5.41) is 11.1. The second-order valence-corrected chi connectivity index (χ2v) is 7.78. The van der Waals surface area contributed by atoms with E-state index in [2.05, 4.69) is 4.90 Å². The normalized spacial score (nSPS) is 27.8. The van der Waals surface area contributed by atoms with Gasteiger partial charge in [-0.15, -0.1) is 0 Å². The first-order chi connectivity index (χ1) is 13.3. The second-order valence-electron chi connectivity index (χ2n) is 7.78. The molecule has 150 valence electrons. The number of hydrogen-bond acceptors (Lipinski definition) is 2. The minimum absolute atomic E-state index is 0.0747. The highest BCUT2D eigenvalue weighted by molar-refractivity contribution is 5.31. The number of piperidine rings is 2. The molecule has 0 radical (unpaired) electrons. The van der Waals surface area contributed by atoms with E-state index in [1.165, 1.54) is 0 Å². The number of hydrogen-bond donors (Lipinski definition) is 1. The van der Waals surface area contributed by atoms with E-state index in [-0.39, 0.29) is 24.9 Å². The van der Waals surface area contributed by atoms with E-state index in [0.717, 1.165) is 12.0 Å². The van der Waals surface area contributed by atoms with Crippen LogP contribution in [-0.2, 0) is 12.1 Å². The van der Waals surface area contributed by atoms with Gasteiger partial charge in [0.25, 0.3) is 0 Å². The molecule has 7 heteroatoms. The van der Waals surface area contributed by atoms with Crippen molar-refractivity contribution in [2.24, 2.45) is 0 Å². The largest absolute Gasteiger partial charge is 0.385 e. The van der Waals surface area contributed by atoms with Crippen LogP contribution in [0.2, 0.25) is 0 Å². The molecule has 2 aromatic carbocycles. The first-order valence-electron chi connectivity index (χ1n) is 9.36. The van der Waals surface area contributed by atoms with Gasteiger partial charge in [0.05, 0.1) is 11.2 Å². The van der Waals surface area contributed by atoms with Gasteiger partial charge in [0.15, 0.2) is 23.3 Å². The van der Waals surface area contributed by atoms with Crippen LogP contribution in [0.3, 0.4) is 0 Å². The quantitative estimate of drug-likeness (QED) is 0.458. The lowest BCUT2D eigenvalue weighted by Gasteiger charge is -2.52. The molecule has 0 spiro atoms. The molecule has 0 aromatic heterocycles. The molecule has 4 rings (SSSR count). The van der Waals surface area contributed by atoms with E-state index in [0.29, 0.717) is 19.4 Å². The summed E-state index contributed by atoms with van der Waals surface area (Å²) in [6, 6.07) is 9.28. The molecule has 2 aliphatic rings. The summed E-state index contributed by atoms with van der Waals surface area (Å²) in [4.78, 5) is 2.18. The molecule has 2 fully saturated rings. The Bertz CT molecular complexity index is 845. The van der Waals surface area contributed by atoms with Crippen LogP contribution < -0.4 is 0 Å². The summed E-state index contributed by atoms with van der Waals surface area (Å²) in [6.07, 6.45) is 2.14. The van der Waals surface area contributed by atoms with Gasteiger partial charge in [-0.1, -0.05) is 36.8 Å². The maximum absolute atomic E-state index is 14.4. The number of halogens is 5. The van der Waals surface area contributed by atoms with Crippen LogP contribution in [0.5, 0.6) is 0 Å². The minimum Gasteiger partial charge on any atom is -0.385 e. The molecule has 2 bridgehead atoms. The number of benzene rings is 2. The molecule has 2 heterocycles. The molecule has 0 saturated carbocycles. The van der Waals surface area contributed by atoms with E-state index < -0.39 is 40.3 Å². The van der Waals surface area contributed by atoms with Gasteiger partial charge in [-0.3, -0.25) is 4.90 Å². The summed E-state index contributed by atoms with van der Waals surface area (Å²) >= 11 is 0. The Morgan fingerprint density at radius 2 is 1.32 bits per heavy atom. The van der Waals surface area contributed by atoms with Crippen molar-refractivity contribution in [3.63, 3.8) is 0 Å². The average molecular weight is 397 g/mol. The zero-order chi connectivity index (χ0) is 20.1. The second kappa shape index (κ2) is 7.12. The molecule has 28 heavy (non-hydrogen) atoms. The van der Waals surface area contributed by atoms with Crippen molar-refractivity contribution in [1.82, 2.24) is 4.90 Å². The lowest BCUT2D eigenvalue weighted by atomic mass is 9.72. The third-order valence-electron chi connectivity index (χ3n) is 6.04. The van der Waals surface area contributed by atoms with Crippen LogP contribution in [0.25, 0.3) is 0 Å². The Morgan fingerprint density at radius 1 is 0.821 bits per heavy atom. The van der Waals surface area contributed by atoms with Gasteiger partial charge in [0.2, 0.25) is 5.82 Å². The van der Waals surface area contributed by atoms with E-state index in [1.54, 1.807) is 0 Å². The molecule has 2 unspecified atom stereocenters. The van der Waals surface area contributed by atoms with E-state index in [1.807, 2.05) is 30.3 Å². The van der Waals surface area contributed by atoms with Crippen molar-refractivity contribution in [1.29, 1.82) is 0 Å². The monoisotopic (exact) mass is 397 g/mol. The SMILES string of the molecule is OC1(c2c(F)c(F)c(F)c(F)c2F)CC2CCCC(C1)N2Cc1ccccc1. The van der Waals surface area contributed by atoms with Gasteiger partial charge < -0.3 is 5.11 Å². The highest BCUT2D eigenvalue weighted by Gasteiger charge is 2.49. The van der Waals surface area contributed by atoms with Gasteiger partial charge in [-0.25, -0.2) is 22.0 Å². The van der Waals surface area contributed by atoms with Crippen LogP contribution >= 0.6 is 0 Å². The fourth-order valence-corrected chi connectivity index (χ4v) is 4.79. The van der Waals surface area contributed by atoms with Gasteiger partial charge in [0.1, 0.15) is 0 Å². The summed E-state index contributed by atoms with van der Waals surface area (Å²) < 4.78 is 69.5. The summed E-state index contributed by atoms with van der Waals surface area (Å²) in [6.45, 7) is 0.614. The molecular formula is C21H20F5NO. The van der Waals surface area contributed by atoms with Gasteiger partial charge in [0, 0.05) is 18.6 Å². The molecule has 1 N–H and O–H groups in total. The van der Waals surface area contributed by atoms with E-state index >= 15 is 0 Å². The Kier molecular flexibility index (Phi) is 4.91. The first-order valence-corrected chi connectivity index (χ1v) is 9.36. The van der Waals surface area contributed by atoms with Crippen molar-refractivity contribution in [2.75, 3.05) is 0 Å². The topological polar surface area (TPSA) is 23.5 Å². The van der Waals surface area contributed by atoms with Gasteiger partial charge in [-0.05, 0) is 31.2 Å². The smallest absolute Gasteiger partial charge is 0.200 e. The zero-order valence-electron chi connectivity index (χ0n) is 15.1. The van der Waals surface area contributed by atoms with Crippen molar-refractivity contribution < 1.29 is 27.1 Å². The third-order valence-corrected chi connectivity index (χ3v) is 6.04. The van der Waals surface area contributed by atoms with E-state index in [4.69, 9.17) is 0 Å². The average Bonchev–Trinajstić information content (AvgIpc) is 2.67. The maximum Gasteiger partial charge on any atom is 0.200 e. The summed E-state index contributed by atoms with van der Waals surface area (Å²) in [5.74, 6) is -10.1. The first kappa shape index (κ1) is 19.3. The molecule has 2 nitrogen and oxygen atoms in total.